The number of thiophene rings is 1. The third-order valence-electron chi connectivity index (χ3n) is 12.3. The minimum Gasteiger partial charge on any atom is -0.309 e. The van der Waals surface area contributed by atoms with Crippen molar-refractivity contribution in [1.82, 2.24) is 29.1 Å². The summed E-state index contributed by atoms with van der Waals surface area (Å²) in [6, 6.07) is 66.6. The van der Waals surface area contributed by atoms with Crippen molar-refractivity contribution in [2.45, 2.75) is 0 Å². The third-order valence-corrected chi connectivity index (χ3v) is 13.4. The summed E-state index contributed by atoms with van der Waals surface area (Å²) in [4.78, 5) is 19.8. The maximum atomic E-state index is 5.22. The van der Waals surface area contributed by atoms with Crippen LogP contribution in [0.25, 0.3) is 120 Å². The zero-order chi connectivity index (χ0) is 41.4. The van der Waals surface area contributed by atoms with Gasteiger partial charge in [0.25, 0.3) is 0 Å². The van der Waals surface area contributed by atoms with Crippen molar-refractivity contribution in [3.63, 3.8) is 0 Å². The van der Waals surface area contributed by atoms with Crippen LogP contribution in [-0.2, 0) is 0 Å². The fourth-order valence-corrected chi connectivity index (χ4v) is 10.4. The Morgan fingerprint density at radius 1 is 0.381 bits per heavy atom. The molecule has 6 heterocycles. The molecule has 0 saturated heterocycles. The number of pyridine rings is 2. The van der Waals surface area contributed by atoms with Crippen LogP contribution in [0.2, 0.25) is 0 Å². The highest BCUT2D eigenvalue weighted by Crippen LogP contribution is 2.40. The number of fused-ring (bicyclic) bond motifs is 9. The molecule has 0 atom stereocenters. The standard InChI is InChI=1S/C56H34N6S/c1-3-12-35(13-4-1)47-32-54(60-56(59-47)36-14-5-2-6-15-36)62-49-19-10-8-17-43(49)45-30-38(22-25-51(45)62)40-28-39(33-57-34-40)37-21-24-50-44(29-37)42-16-7-9-18-48(42)61(50)41-23-26-52-46(31-41)55-53(63-52)20-11-27-58-55/h1-34H. The van der Waals surface area contributed by atoms with E-state index < -0.39 is 0 Å². The molecule has 6 aromatic heterocycles. The van der Waals surface area contributed by atoms with Crippen LogP contribution in [0.4, 0.5) is 0 Å². The topological polar surface area (TPSA) is 61.4 Å². The summed E-state index contributed by atoms with van der Waals surface area (Å²) in [6.45, 7) is 0. The van der Waals surface area contributed by atoms with Crippen molar-refractivity contribution in [3.8, 4) is 56.4 Å². The number of hydrogen-bond acceptors (Lipinski definition) is 5. The van der Waals surface area contributed by atoms with Crippen LogP contribution in [0, 0.1) is 0 Å². The van der Waals surface area contributed by atoms with Gasteiger partial charge >= 0.3 is 0 Å². The smallest absolute Gasteiger partial charge is 0.162 e. The average molecular weight is 823 g/mol. The van der Waals surface area contributed by atoms with E-state index in [0.717, 1.165) is 83.4 Å². The summed E-state index contributed by atoms with van der Waals surface area (Å²) >= 11 is 1.79. The highest BCUT2D eigenvalue weighted by atomic mass is 32.1. The first-order chi connectivity index (χ1) is 31.2. The fraction of sp³-hybridized carbons (Fsp3) is 0. The summed E-state index contributed by atoms with van der Waals surface area (Å²) in [5.74, 6) is 1.51. The lowest BCUT2D eigenvalue weighted by atomic mass is 9.99. The molecule has 0 spiro atoms. The lowest BCUT2D eigenvalue weighted by Crippen LogP contribution is -2.02. The molecule has 0 radical (unpaired) electrons. The largest absolute Gasteiger partial charge is 0.309 e. The first-order valence-electron chi connectivity index (χ1n) is 21.0. The number of benzene rings is 7. The average Bonchev–Trinajstić information content (AvgIpc) is 4.01. The molecule has 7 aromatic carbocycles. The second kappa shape index (κ2) is 14.2. The van der Waals surface area contributed by atoms with Crippen molar-refractivity contribution in [3.05, 3.63) is 207 Å². The molecule has 63 heavy (non-hydrogen) atoms. The lowest BCUT2D eigenvalue weighted by Gasteiger charge is -2.12. The molecule has 0 unspecified atom stereocenters. The van der Waals surface area contributed by atoms with Crippen LogP contribution in [0.5, 0.6) is 0 Å². The van der Waals surface area contributed by atoms with Gasteiger partial charge in [-0.25, -0.2) is 9.97 Å². The number of para-hydroxylation sites is 2. The zero-order valence-electron chi connectivity index (χ0n) is 33.7. The van der Waals surface area contributed by atoms with Crippen LogP contribution in [0.15, 0.2) is 207 Å². The van der Waals surface area contributed by atoms with Gasteiger partial charge in [-0.1, -0.05) is 109 Å². The molecule has 0 aliphatic carbocycles. The van der Waals surface area contributed by atoms with E-state index in [1.807, 2.05) is 48.9 Å². The van der Waals surface area contributed by atoms with Gasteiger partial charge in [-0.2, -0.15) is 0 Å². The second-order valence-electron chi connectivity index (χ2n) is 15.9. The van der Waals surface area contributed by atoms with E-state index in [1.54, 1.807) is 11.3 Å². The van der Waals surface area contributed by atoms with Crippen LogP contribution in [-0.4, -0.2) is 29.1 Å². The molecule has 0 aliphatic rings. The van der Waals surface area contributed by atoms with Gasteiger partial charge in [0.1, 0.15) is 5.82 Å². The maximum absolute atomic E-state index is 5.22. The monoisotopic (exact) mass is 822 g/mol. The number of aromatic nitrogens is 6. The van der Waals surface area contributed by atoms with Gasteiger partial charge in [0.05, 0.1) is 38.0 Å². The van der Waals surface area contributed by atoms with Gasteiger partial charge in [-0.3, -0.25) is 14.5 Å². The van der Waals surface area contributed by atoms with E-state index in [1.165, 1.54) is 31.1 Å². The van der Waals surface area contributed by atoms with Crippen molar-refractivity contribution in [2.24, 2.45) is 0 Å². The van der Waals surface area contributed by atoms with Crippen molar-refractivity contribution < 1.29 is 0 Å². The molecular formula is C56H34N6S. The Morgan fingerprint density at radius 3 is 1.71 bits per heavy atom. The molecule has 0 amide bonds. The molecule has 0 fully saturated rings. The van der Waals surface area contributed by atoms with Gasteiger partial charge < -0.3 is 4.57 Å². The van der Waals surface area contributed by atoms with Crippen LogP contribution in [0.3, 0.4) is 0 Å². The second-order valence-corrected chi connectivity index (χ2v) is 17.0. The summed E-state index contributed by atoms with van der Waals surface area (Å²) < 4.78 is 7.10. The van der Waals surface area contributed by atoms with Gasteiger partial charge in [-0.15, -0.1) is 11.3 Å². The normalized spacial score (nSPS) is 11.8. The highest BCUT2D eigenvalue weighted by Gasteiger charge is 2.19. The summed E-state index contributed by atoms with van der Waals surface area (Å²) in [7, 11) is 0. The quantitative estimate of drug-likeness (QED) is 0.168. The van der Waals surface area contributed by atoms with Gasteiger partial charge in [0.15, 0.2) is 5.82 Å². The molecule has 0 saturated carbocycles. The number of hydrogen-bond donors (Lipinski definition) is 0. The van der Waals surface area contributed by atoms with Crippen molar-refractivity contribution in [1.29, 1.82) is 0 Å². The Kier molecular flexibility index (Phi) is 7.98. The molecule has 0 N–H and O–H groups in total. The SMILES string of the molecule is c1ccc(-c2cc(-n3c4ccccc4c4cc(-c5cncc(-c6ccc7c(c6)c6ccccc6n7-c6ccc7sc8cccnc8c7c6)c5)ccc43)nc(-c3ccccc3)n2)cc1. The fourth-order valence-electron chi connectivity index (χ4n) is 9.33. The minimum atomic E-state index is 0.686. The summed E-state index contributed by atoms with van der Waals surface area (Å²) in [5, 5.41) is 5.90. The molecule has 0 bridgehead atoms. The van der Waals surface area contributed by atoms with Gasteiger partial charge in [0.2, 0.25) is 0 Å². The van der Waals surface area contributed by atoms with E-state index in [4.69, 9.17) is 19.9 Å². The highest BCUT2D eigenvalue weighted by molar-refractivity contribution is 7.25. The first kappa shape index (κ1) is 35.5. The summed E-state index contributed by atoms with van der Waals surface area (Å²) in [6.07, 6.45) is 5.82. The Hall–Kier alpha value is -8.26. The minimum absolute atomic E-state index is 0.686. The lowest BCUT2D eigenvalue weighted by molar-refractivity contribution is 1.05. The van der Waals surface area contributed by atoms with Crippen molar-refractivity contribution in [2.75, 3.05) is 0 Å². The summed E-state index contributed by atoms with van der Waals surface area (Å²) in [5.41, 5.74) is 13.9. The predicted molar refractivity (Wildman–Crippen MR) is 261 cm³/mol. The van der Waals surface area contributed by atoms with Crippen LogP contribution in [0.1, 0.15) is 0 Å². The Morgan fingerprint density at radius 2 is 1.00 bits per heavy atom. The van der Waals surface area contributed by atoms with Crippen LogP contribution < -0.4 is 0 Å². The van der Waals surface area contributed by atoms with Gasteiger partial charge in [-0.05, 0) is 83.9 Å². The van der Waals surface area contributed by atoms with E-state index in [9.17, 15) is 0 Å². The van der Waals surface area contributed by atoms with E-state index >= 15 is 0 Å². The zero-order valence-corrected chi connectivity index (χ0v) is 34.5. The van der Waals surface area contributed by atoms with E-state index in [0.29, 0.717) is 5.82 Å². The predicted octanol–water partition coefficient (Wildman–Crippen LogP) is 14.5. The molecular weight excluding hydrogens is 789 g/mol. The van der Waals surface area contributed by atoms with Crippen LogP contribution >= 0.6 is 11.3 Å². The first-order valence-corrected chi connectivity index (χ1v) is 21.8. The Labute approximate surface area is 365 Å². The molecule has 294 valence electrons. The Bertz CT molecular complexity index is 3860. The molecule has 6 nitrogen and oxygen atoms in total. The van der Waals surface area contributed by atoms with E-state index in [2.05, 4.69) is 167 Å². The molecule has 13 rings (SSSR count). The Balaban J connectivity index is 0.920. The van der Waals surface area contributed by atoms with Gasteiger partial charge in [0, 0.05) is 84.2 Å². The van der Waals surface area contributed by atoms with E-state index in [-0.39, 0.29) is 0 Å². The molecule has 13 aromatic rings. The number of nitrogens with zero attached hydrogens (tertiary/aromatic N) is 6. The molecule has 0 aliphatic heterocycles. The van der Waals surface area contributed by atoms with Crippen molar-refractivity contribution >= 4 is 75.3 Å². The number of rotatable bonds is 6. The maximum Gasteiger partial charge on any atom is 0.162 e. The third kappa shape index (κ3) is 5.78. The molecule has 7 heteroatoms.